The van der Waals surface area contributed by atoms with Crippen molar-refractivity contribution in [2.45, 2.75) is 13.8 Å². The van der Waals surface area contributed by atoms with Crippen LogP contribution in [0.5, 0.6) is 0 Å². The van der Waals surface area contributed by atoms with Gasteiger partial charge in [-0.05, 0) is 37.1 Å². The molecule has 17 heavy (non-hydrogen) atoms. The summed E-state index contributed by atoms with van der Waals surface area (Å²) in [5.74, 6) is -0.775. The number of carbonyl (C=O) groups is 2. The third kappa shape index (κ3) is 4.02. The summed E-state index contributed by atoms with van der Waals surface area (Å²) in [5.41, 5.74) is 2.50. The molecular weight excluding hydrogens is 307 g/mol. The van der Waals surface area contributed by atoms with Crippen LogP contribution in [0.1, 0.15) is 11.1 Å². The van der Waals surface area contributed by atoms with Crippen molar-refractivity contribution in [1.29, 1.82) is 0 Å². The molecule has 0 radical (unpaired) electrons. The number of carbonyl (C=O) groups excluding carboxylic acids is 2. The van der Waals surface area contributed by atoms with E-state index in [1.807, 2.05) is 26.0 Å². The summed E-state index contributed by atoms with van der Waals surface area (Å²) in [5, 5.41) is 4.74. The highest BCUT2D eigenvalue weighted by atomic mass is 79.9. The average molecular weight is 320 g/mol. The van der Waals surface area contributed by atoms with Crippen molar-refractivity contribution < 1.29 is 9.59 Å². The first-order valence-corrected chi connectivity index (χ1v) is 6.20. The van der Waals surface area contributed by atoms with E-state index in [2.05, 4.69) is 26.6 Å². The molecule has 0 aromatic heterocycles. The van der Waals surface area contributed by atoms with E-state index in [0.717, 1.165) is 15.6 Å². The maximum atomic E-state index is 11.5. The number of nitrogens with one attached hydrogen (secondary N) is 2. The van der Waals surface area contributed by atoms with Crippen LogP contribution in [0.3, 0.4) is 0 Å². The third-order valence-corrected chi connectivity index (χ3v) is 2.81. The number of rotatable bonds is 2. The Balaban J connectivity index is 2.82. The summed E-state index contributed by atoms with van der Waals surface area (Å²) in [6.07, 6.45) is 0. The normalized spacial score (nSPS) is 9.88. The lowest BCUT2D eigenvalue weighted by atomic mass is 10.1. The minimum absolute atomic E-state index is 0.244. The van der Waals surface area contributed by atoms with E-state index < -0.39 is 11.9 Å². The molecule has 1 aromatic carbocycles. The van der Waals surface area contributed by atoms with Gasteiger partial charge in [-0.3, -0.25) is 10.1 Å². The lowest BCUT2D eigenvalue weighted by Gasteiger charge is -2.12. The Kier molecular flexibility index (Phi) is 4.96. The highest BCUT2D eigenvalue weighted by Gasteiger charge is 2.10. The average Bonchev–Trinajstić information content (AvgIpc) is 2.23. The summed E-state index contributed by atoms with van der Waals surface area (Å²) in [6, 6.07) is 3.18. The SMILES string of the molecule is Cc1cc(Br)cc(C)c1NC(=O)NC(=O)CCl. The number of aryl methyl sites for hydroxylation is 2. The second kappa shape index (κ2) is 6.02. The number of hydrogen-bond donors (Lipinski definition) is 2. The summed E-state index contributed by atoms with van der Waals surface area (Å²) in [6.45, 7) is 3.74. The maximum absolute atomic E-state index is 11.5. The smallest absolute Gasteiger partial charge is 0.307 e. The van der Waals surface area contributed by atoms with Crippen LogP contribution < -0.4 is 10.6 Å². The number of anilines is 1. The number of halogens is 2. The van der Waals surface area contributed by atoms with Crippen molar-refractivity contribution >= 4 is 45.2 Å². The minimum Gasteiger partial charge on any atom is -0.307 e. The van der Waals surface area contributed by atoms with Crippen LogP contribution in [0.15, 0.2) is 16.6 Å². The Labute approximate surface area is 113 Å². The van der Waals surface area contributed by atoms with Gasteiger partial charge in [-0.1, -0.05) is 15.9 Å². The van der Waals surface area contributed by atoms with E-state index in [4.69, 9.17) is 11.6 Å². The molecule has 0 fully saturated rings. The van der Waals surface area contributed by atoms with Crippen LogP contribution in [-0.4, -0.2) is 17.8 Å². The molecule has 0 aliphatic carbocycles. The first-order valence-electron chi connectivity index (χ1n) is 4.87. The van der Waals surface area contributed by atoms with Gasteiger partial charge in [-0.15, -0.1) is 11.6 Å². The highest BCUT2D eigenvalue weighted by molar-refractivity contribution is 9.10. The molecule has 4 nitrogen and oxygen atoms in total. The summed E-state index contributed by atoms with van der Waals surface area (Å²) < 4.78 is 0.940. The number of urea groups is 1. The van der Waals surface area contributed by atoms with Crippen LogP contribution in [0, 0.1) is 13.8 Å². The molecule has 3 amide bonds. The van der Waals surface area contributed by atoms with Crippen LogP contribution in [-0.2, 0) is 4.79 Å². The van der Waals surface area contributed by atoms with E-state index in [0.29, 0.717) is 5.69 Å². The fourth-order valence-electron chi connectivity index (χ4n) is 1.41. The van der Waals surface area contributed by atoms with Crippen LogP contribution in [0.4, 0.5) is 10.5 Å². The highest BCUT2D eigenvalue weighted by Crippen LogP contribution is 2.24. The van der Waals surface area contributed by atoms with Gasteiger partial charge in [0.1, 0.15) is 5.88 Å². The van der Waals surface area contributed by atoms with E-state index in [1.165, 1.54) is 0 Å². The first kappa shape index (κ1) is 14.0. The van der Waals surface area contributed by atoms with Crippen molar-refractivity contribution in [3.05, 3.63) is 27.7 Å². The lowest BCUT2D eigenvalue weighted by molar-refractivity contribution is -0.117. The van der Waals surface area contributed by atoms with Crippen LogP contribution >= 0.6 is 27.5 Å². The topological polar surface area (TPSA) is 58.2 Å². The molecule has 0 heterocycles. The molecule has 92 valence electrons. The molecule has 0 atom stereocenters. The molecule has 0 aliphatic heterocycles. The molecule has 0 saturated carbocycles. The van der Waals surface area contributed by atoms with Gasteiger partial charge in [0, 0.05) is 10.2 Å². The molecule has 1 rings (SSSR count). The van der Waals surface area contributed by atoms with Gasteiger partial charge in [0.2, 0.25) is 5.91 Å². The Morgan fingerprint density at radius 3 is 2.29 bits per heavy atom. The molecule has 0 bridgehead atoms. The molecule has 0 spiro atoms. The number of benzene rings is 1. The van der Waals surface area contributed by atoms with Crippen LogP contribution in [0.25, 0.3) is 0 Å². The lowest BCUT2D eigenvalue weighted by Crippen LogP contribution is -2.35. The van der Waals surface area contributed by atoms with Crippen molar-refractivity contribution in [2.75, 3.05) is 11.2 Å². The molecule has 0 saturated heterocycles. The standard InChI is InChI=1S/C11H12BrClN2O2/c1-6-3-8(12)4-7(2)10(6)15-11(17)14-9(16)5-13/h3-4H,5H2,1-2H3,(H2,14,15,16,17). The van der Waals surface area contributed by atoms with E-state index in [9.17, 15) is 9.59 Å². The first-order chi connectivity index (χ1) is 7.93. The zero-order valence-corrected chi connectivity index (χ0v) is 11.8. The predicted octanol–water partition coefficient (Wildman–Crippen LogP) is 2.95. The van der Waals surface area contributed by atoms with Crippen LogP contribution in [0.2, 0.25) is 0 Å². The van der Waals surface area contributed by atoms with E-state index >= 15 is 0 Å². The Morgan fingerprint density at radius 1 is 1.29 bits per heavy atom. The summed E-state index contributed by atoms with van der Waals surface area (Å²) in [4.78, 5) is 22.4. The summed E-state index contributed by atoms with van der Waals surface area (Å²) >= 11 is 8.65. The van der Waals surface area contributed by atoms with E-state index in [-0.39, 0.29) is 5.88 Å². The van der Waals surface area contributed by atoms with Gasteiger partial charge < -0.3 is 5.32 Å². The zero-order chi connectivity index (χ0) is 13.0. The quantitative estimate of drug-likeness (QED) is 0.823. The van der Waals surface area contributed by atoms with Gasteiger partial charge in [0.05, 0.1) is 0 Å². The molecular formula is C11H12BrClN2O2. The Morgan fingerprint density at radius 2 is 1.82 bits per heavy atom. The fourth-order valence-corrected chi connectivity index (χ4v) is 2.17. The molecule has 2 N–H and O–H groups in total. The molecule has 6 heteroatoms. The number of hydrogen-bond acceptors (Lipinski definition) is 2. The fraction of sp³-hybridized carbons (Fsp3) is 0.273. The number of imide groups is 1. The second-order valence-corrected chi connectivity index (χ2v) is 4.73. The van der Waals surface area contributed by atoms with Gasteiger partial charge in [0.25, 0.3) is 0 Å². The van der Waals surface area contributed by atoms with Crippen molar-refractivity contribution in [1.82, 2.24) is 5.32 Å². The number of alkyl halides is 1. The molecule has 1 aromatic rings. The maximum Gasteiger partial charge on any atom is 0.325 e. The minimum atomic E-state index is -0.579. The monoisotopic (exact) mass is 318 g/mol. The molecule has 0 aliphatic rings. The second-order valence-electron chi connectivity index (χ2n) is 3.55. The van der Waals surface area contributed by atoms with Crippen molar-refractivity contribution in [2.24, 2.45) is 0 Å². The largest absolute Gasteiger partial charge is 0.325 e. The Hall–Kier alpha value is -1.07. The van der Waals surface area contributed by atoms with Crippen molar-refractivity contribution in [3.63, 3.8) is 0 Å². The summed E-state index contributed by atoms with van der Waals surface area (Å²) in [7, 11) is 0. The zero-order valence-electron chi connectivity index (χ0n) is 9.43. The predicted molar refractivity (Wildman–Crippen MR) is 71.5 cm³/mol. The third-order valence-electron chi connectivity index (χ3n) is 2.11. The van der Waals surface area contributed by atoms with Gasteiger partial charge >= 0.3 is 6.03 Å². The van der Waals surface area contributed by atoms with Gasteiger partial charge in [-0.25, -0.2) is 4.79 Å². The Bertz CT molecular complexity index is 440. The van der Waals surface area contributed by atoms with E-state index in [1.54, 1.807) is 0 Å². The van der Waals surface area contributed by atoms with Gasteiger partial charge in [0.15, 0.2) is 0 Å². The van der Waals surface area contributed by atoms with Crippen molar-refractivity contribution in [3.8, 4) is 0 Å². The van der Waals surface area contributed by atoms with Gasteiger partial charge in [-0.2, -0.15) is 0 Å². The molecule has 0 unspecified atom stereocenters. The number of amides is 3.